The molecule has 2 rings (SSSR count). The molecule has 4 N–H and O–H groups in total. The molecule has 0 atom stereocenters. The summed E-state index contributed by atoms with van der Waals surface area (Å²) in [5.74, 6) is 5.59. The van der Waals surface area contributed by atoms with Gasteiger partial charge in [-0.05, 0) is 13.8 Å². The van der Waals surface area contributed by atoms with Crippen LogP contribution in [0.15, 0.2) is 12.1 Å². The molecule has 0 aliphatic rings. The van der Waals surface area contributed by atoms with Crippen molar-refractivity contribution >= 4 is 17.8 Å². The van der Waals surface area contributed by atoms with Crippen LogP contribution < -0.4 is 31.0 Å². The van der Waals surface area contributed by atoms with Gasteiger partial charge in [-0.2, -0.15) is 15.0 Å². The Morgan fingerprint density at radius 3 is 2.46 bits per heavy atom. The number of nitrogens with zero attached hydrogens (tertiary/aromatic N) is 6. The van der Waals surface area contributed by atoms with Crippen LogP contribution in [0.25, 0.3) is 0 Å². The average molecular weight is 363 g/mol. The Labute approximate surface area is 150 Å². The Hall–Kier alpha value is -3.28. The molecule has 0 spiro atoms. The summed E-state index contributed by atoms with van der Waals surface area (Å²) in [6, 6.07) is 3.21. The lowest BCUT2D eigenvalue weighted by Crippen LogP contribution is -2.34. The third-order valence-electron chi connectivity index (χ3n) is 2.74. The first-order valence-electron chi connectivity index (χ1n) is 7.71. The Morgan fingerprint density at radius 1 is 1.19 bits per heavy atom. The molecular formula is C14H21N9O3. The van der Waals surface area contributed by atoms with E-state index in [4.69, 9.17) is 15.3 Å². The minimum Gasteiger partial charge on any atom is -0.466 e. The quantitative estimate of drug-likeness (QED) is 0.322. The van der Waals surface area contributed by atoms with E-state index in [1.165, 1.54) is 12.1 Å². The second-order valence-electron chi connectivity index (χ2n) is 5.60. The van der Waals surface area contributed by atoms with Crippen molar-refractivity contribution in [1.29, 1.82) is 0 Å². The minimum atomic E-state index is -0.487. The van der Waals surface area contributed by atoms with Crippen LogP contribution in [0.2, 0.25) is 0 Å². The number of carbonyl (C=O) groups is 1. The predicted molar refractivity (Wildman–Crippen MR) is 92.8 cm³/mol. The van der Waals surface area contributed by atoms with E-state index in [0.29, 0.717) is 11.9 Å². The first-order valence-corrected chi connectivity index (χ1v) is 7.71. The molecule has 12 nitrogen and oxygen atoms in total. The van der Waals surface area contributed by atoms with Gasteiger partial charge in [-0.3, -0.25) is 10.2 Å². The fourth-order valence-corrected chi connectivity index (χ4v) is 1.63. The largest absolute Gasteiger partial charge is 0.466 e. The molecule has 0 fully saturated rings. The van der Waals surface area contributed by atoms with E-state index >= 15 is 0 Å². The van der Waals surface area contributed by atoms with Crippen LogP contribution in [-0.4, -0.2) is 57.8 Å². The smallest absolute Gasteiger partial charge is 0.330 e. The molecule has 1 amide bonds. The van der Waals surface area contributed by atoms with Gasteiger partial charge in [0.25, 0.3) is 5.91 Å². The molecule has 0 aliphatic carbocycles. The molecule has 0 aliphatic heterocycles. The summed E-state index contributed by atoms with van der Waals surface area (Å²) in [6.07, 6.45) is 0. The Morgan fingerprint density at radius 2 is 1.88 bits per heavy atom. The van der Waals surface area contributed by atoms with Gasteiger partial charge in [0.2, 0.25) is 23.7 Å². The maximum atomic E-state index is 11.0. The number of rotatable bonds is 8. The van der Waals surface area contributed by atoms with Crippen molar-refractivity contribution in [3.05, 3.63) is 12.1 Å². The normalized spacial score (nSPS) is 10.4. The van der Waals surface area contributed by atoms with Gasteiger partial charge in [-0.1, -0.05) is 0 Å². The van der Waals surface area contributed by atoms with Crippen molar-refractivity contribution in [3.63, 3.8) is 0 Å². The van der Waals surface area contributed by atoms with Crippen LogP contribution in [-0.2, 0) is 4.79 Å². The van der Waals surface area contributed by atoms with Crippen molar-refractivity contribution in [2.24, 2.45) is 5.84 Å². The summed E-state index contributed by atoms with van der Waals surface area (Å²) in [7, 11) is 3.61. The minimum absolute atomic E-state index is 0.0670. The third-order valence-corrected chi connectivity index (χ3v) is 2.74. The topological polar surface area (TPSA) is 153 Å². The van der Waals surface area contributed by atoms with Crippen molar-refractivity contribution in [2.75, 3.05) is 30.9 Å². The van der Waals surface area contributed by atoms with Gasteiger partial charge < -0.3 is 19.7 Å². The molecule has 0 radical (unpaired) electrons. The zero-order chi connectivity index (χ0) is 19.1. The highest BCUT2D eigenvalue weighted by molar-refractivity contribution is 5.76. The van der Waals surface area contributed by atoms with Crippen LogP contribution >= 0.6 is 0 Å². The van der Waals surface area contributed by atoms with Gasteiger partial charge in [0.05, 0.1) is 0 Å². The lowest BCUT2D eigenvalue weighted by atomic mass is 10.4. The molecule has 2 aromatic rings. The summed E-state index contributed by atoms with van der Waals surface area (Å²) in [5, 5.41) is 10.7. The highest BCUT2D eigenvalue weighted by atomic mass is 16.5. The number of ether oxygens (including phenoxy) is 2. The standard InChI is InChI=1S/C14H21N9O3/c1-8(2)16-12-17-13(23(3)4)19-14(18-12)26-11-6-5-10(21-22-11)25-7-9(24)20-15/h5-6,8H,7,15H2,1-4H3,(H,20,24)(H,16,17,18,19). The second kappa shape index (κ2) is 8.71. The number of nitrogens with two attached hydrogens (primary N) is 1. The molecule has 140 valence electrons. The van der Waals surface area contributed by atoms with Crippen LogP contribution in [0.4, 0.5) is 11.9 Å². The number of nitrogens with one attached hydrogen (secondary N) is 2. The molecule has 0 bridgehead atoms. The molecule has 0 saturated carbocycles. The first kappa shape index (κ1) is 19.1. The summed E-state index contributed by atoms with van der Waals surface area (Å²) < 4.78 is 10.6. The number of hydrogen-bond acceptors (Lipinski definition) is 11. The van der Waals surface area contributed by atoms with E-state index < -0.39 is 5.91 Å². The maximum Gasteiger partial charge on any atom is 0.330 e. The van der Waals surface area contributed by atoms with Gasteiger partial charge in [0.1, 0.15) is 0 Å². The Balaban J connectivity index is 2.11. The number of hydrazine groups is 1. The highest BCUT2D eigenvalue weighted by Gasteiger charge is 2.12. The molecule has 2 heterocycles. The summed E-state index contributed by atoms with van der Waals surface area (Å²) in [4.78, 5) is 25.4. The fourth-order valence-electron chi connectivity index (χ4n) is 1.63. The SMILES string of the molecule is CC(C)Nc1nc(Oc2ccc(OCC(=O)NN)nn2)nc(N(C)C)n1. The lowest BCUT2D eigenvalue weighted by Gasteiger charge is -2.14. The predicted octanol–water partition coefficient (Wildman–Crippen LogP) is -0.291. The molecule has 12 heteroatoms. The van der Waals surface area contributed by atoms with Crippen LogP contribution in [0.1, 0.15) is 13.8 Å². The van der Waals surface area contributed by atoms with E-state index in [0.717, 1.165) is 0 Å². The second-order valence-corrected chi connectivity index (χ2v) is 5.60. The summed E-state index contributed by atoms with van der Waals surface area (Å²) in [6.45, 7) is 3.67. The van der Waals surface area contributed by atoms with Crippen molar-refractivity contribution in [3.8, 4) is 17.8 Å². The lowest BCUT2D eigenvalue weighted by molar-refractivity contribution is -0.123. The third kappa shape index (κ3) is 5.66. The molecule has 2 aromatic heterocycles. The zero-order valence-corrected chi connectivity index (χ0v) is 14.9. The number of aromatic nitrogens is 5. The van der Waals surface area contributed by atoms with Crippen LogP contribution in [0.3, 0.4) is 0 Å². The Kier molecular flexibility index (Phi) is 6.38. The van der Waals surface area contributed by atoms with E-state index in [2.05, 4.69) is 30.5 Å². The van der Waals surface area contributed by atoms with Crippen molar-refractivity contribution in [1.82, 2.24) is 30.6 Å². The maximum absolute atomic E-state index is 11.0. The van der Waals surface area contributed by atoms with Gasteiger partial charge in [-0.15, -0.1) is 10.2 Å². The number of amides is 1. The molecule has 0 aromatic carbocycles. The van der Waals surface area contributed by atoms with Gasteiger partial charge in [0, 0.05) is 32.3 Å². The van der Waals surface area contributed by atoms with Crippen molar-refractivity contribution < 1.29 is 14.3 Å². The molecule has 0 saturated heterocycles. The molecule has 0 unspecified atom stereocenters. The number of carbonyl (C=O) groups excluding carboxylic acids is 1. The first-order chi connectivity index (χ1) is 12.4. The summed E-state index contributed by atoms with van der Waals surface area (Å²) in [5.41, 5.74) is 1.94. The summed E-state index contributed by atoms with van der Waals surface area (Å²) >= 11 is 0. The number of anilines is 2. The van der Waals surface area contributed by atoms with Gasteiger partial charge in [0.15, 0.2) is 6.61 Å². The monoisotopic (exact) mass is 363 g/mol. The Bertz CT molecular complexity index is 737. The zero-order valence-electron chi connectivity index (χ0n) is 14.9. The van der Waals surface area contributed by atoms with E-state index in [9.17, 15) is 4.79 Å². The van der Waals surface area contributed by atoms with Crippen LogP contribution in [0, 0.1) is 0 Å². The van der Waals surface area contributed by atoms with E-state index in [1.54, 1.807) is 4.90 Å². The number of hydrogen-bond donors (Lipinski definition) is 3. The van der Waals surface area contributed by atoms with Gasteiger partial charge >= 0.3 is 6.01 Å². The molecular weight excluding hydrogens is 342 g/mol. The average Bonchev–Trinajstić information content (AvgIpc) is 2.60. The van der Waals surface area contributed by atoms with E-state index in [1.807, 2.05) is 33.4 Å². The highest BCUT2D eigenvalue weighted by Crippen LogP contribution is 2.19. The van der Waals surface area contributed by atoms with Crippen LogP contribution in [0.5, 0.6) is 17.8 Å². The van der Waals surface area contributed by atoms with E-state index in [-0.39, 0.29) is 30.4 Å². The molecule has 26 heavy (non-hydrogen) atoms. The van der Waals surface area contributed by atoms with Crippen molar-refractivity contribution in [2.45, 2.75) is 19.9 Å². The fraction of sp³-hybridized carbons (Fsp3) is 0.429. The van der Waals surface area contributed by atoms with Gasteiger partial charge in [-0.25, -0.2) is 5.84 Å².